The van der Waals surface area contributed by atoms with Crippen LogP contribution in [0, 0.1) is 5.92 Å². The number of amides is 4. The van der Waals surface area contributed by atoms with Crippen LogP contribution < -0.4 is 16.0 Å². The highest BCUT2D eigenvalue weighted by molar-refractivity contribution is 7.09. The molecule has 0 radical (unpaired) electrons. The third kappa shape index (κ3) is 12.2. The van der Waals surface area contributed by atoms with E-state index in [0.717, 1.165) is 26.7 Å². The normalized spacial score (nSPS) is 13.7. The molecule has 0 aliphatic rings. The van der Waals surface area contributed by atoms with Crippen molar-refractivity contribution in [2.24, 2.45) is 5.92 Å². The third-order valence-electron chi connectivity index (χ3n) is 8.13. The van der Waals surface area contributed by atoms with Gasteiger partial charge in [-0.15, -0.1) is 22.7 Å². The monoisotopic (exact) mass is 720 g/mol. The van der Waals surface area contributed by atoms with Crippen molar-refractivity contribution >= 4 is 40.7 Å². The molecule has 0 aliphatic heterocycles. The number of alkyl carbamates (subject to hydrolysis) is 1. The van der Waals surface area contributed by atoms with Crippen molar-refractivity contribution in [3.63, 3.8) is 0 Å². The molecule has 4 atom stereocenters. The van der Waals surface area contributed by atoms with Crippen LogP contribution in [0.3, 0.4) is 0 Å². The van der Waals surface area contributed by atoms with Crippen molar-refractivity contribution in [2.75, 3.05) is 7.05 Å². The van der Waals surface area contributed by atoms with Crippen LogP contribution in [0.2, 0.25) is 0 Å². The Bertz CT molecular complexity index is 1620. The van der Waals surface area contributed by atoms with Gasteiger partial charge in [0.05, 0.1) is 39.8 Å². The fraction of sp³-hybridized carbons (Fsp3) is 0.432. The van der Waals surface area contributed by atoms with Gasteiger partial charge in [-0.2, -0.15) is 0 Å². The lowest BCUT2D eigenvalue weighted by Crippen LogP contribution is -2.55. The fourth-order valence-electron chi connectivity index (χ4n) is 5.39. The Kier molecular flexibility index (Phi) is 14.7. The first-order valence-electron chi connectivity index (χ1n) is 16.8. The first kappa shape index (κ1) is 38.5. The van der Waals surface area contributed by atoms with Gasteiger partial charge < -0.3 is 30.7 Å². The van der Waals surface area contributed by atoms with Crippen molar-refractivity contribution < 1.29 is 24.2 Å². The summed E-state index contributed by atoms with van der Waals surface area (Å²) in [6.07, 6.45) is 0.836. The highest BCUT2D eigenvalue weighted by atomic mass is 32.1. The number of ether oxygens (including phenoxy) is 1. The maximum absolute atomic E-state index is 13.9. The zero-order valence-electron chi connectivity index (χ0n) is 29.2. The number of benzene rings is 2. The van der Waals surface area contributed by atoms with Crippen LogP contribution in [-0.2, 0) is 35.5 Å². The molecule has 0 saturated heterocycles. The van der Waals surface area contributed by atoms with Crippen LogP contribution in [0.5, 0.6) is 0 Å². The number of aliphatic hydroxyl groups is 1. The Hall–Kier alpha value is -4.33. The zero-order chi connectivity index (χ0) is 36.0. The number of urea groups is 1. The topological polar surface area (TPSA) is 146 Å². The maximum Gasteiger partial charge on any atom is 0.407 e. The van der Waals surface area contributed by atoms with Crippen LogP contribution in [0.15, 0.2) is 77.8 Å². The number of nitrogens with zero attached hydrogens (tertiary/aromatic N) is 3. The molecule has 0 fully saturated rings. The van der Waals surface area contributed by atoms with E-state index in [1.54, 1.807) is 30.1 Å². The molecule has 2 aromatic carbocycles. The van der Waals surface area contributed by atoms with Gasteiger partial charge in [-0.25, -0.2) is 14.6 Å². The first-order chi connectivity index (χ1) is 24.0. The second kappa shape index (κ2) is 19.2. The SMILES string of the molecule is CC(C)c1nc(CN(C)C(=O)NC(C(=O)NC(Cc2ccccc2)C[C@H](O)[C@H](Cc2ccccc2)NC(=O)OCc2cncs2)C(C)C)cs1. The quantitative estimate of drug-likeness (QED) is 0.106. The first-order valence-corrected chi connectivity index (χ1v) is 18.6. The Labute approximate surface area is 302 Å². The minimum Gasteiger partial charge on any atom is -0.444 e. The average molecular weight is 721 g/mol. The molecule has 4 N–H and O–H groups in total. The van der Waals surface area contributed by atoms with Crippen molar-refractivity contribution in [3.05, 3.63) is 104 Å². The van der Waals surface area contributed by atoms with Crippen LogP contribution in [0.25, 0.3) is 0 Å². The van der Waals surface area contributed by atoms with Gasteiger partial charge in [0.1, 0.15) is 12.6 Å². The molecule has 0 saturated carbocycles. The number of aromatic nitrogens is 2. The summed E-state index contributed by atoms with van der Waals surface area (Å²) in [6, 6.07) is 16.8. The molecule has 0 aliphatic carbocycles. The van der Waals surface area contributed by atoms with E-state index >= 15 is 0 Å². The minimum atomic E-state index is -1.05. The van der Waals surface area contributed by atoms with E-state index in [4.69, 9.17) is 4.74 Å². The molecule has 4 aromatic rings. The molecular formula is C37H48N6O5S2. The Morgan fingerprint density at radius 2 is 1.56 bits per heavy atom. The zero-order valence-corrected chi connectivity index (χ0v) is 30.9. The van der Waals surface area contributed by atoms with Gasteiger partial charge in [0.2, 0.25) is 5.91 Å². The molecule has 4 rings (SSSR count). The summed E-state index contributed by atoms with van der Waals surface area (Å²) in [5, 5.41) is 23.5. The Balaban J connectivity index is 1.46. The van der Waals surface area contributed by atoms with E-state index in [1.165, 1.54) is 16.2 Å². The second-order valence-corrected chi connectivity index (χ2v) is 14.9. The molecule has 11 nitrogen and oxygen atoms in total. The number of carbonyl (C=O) groups excluding carboxylic acids is 3. The molecule has 2 aromatic heterocycles. The summed E-state index contributed by atoms with van der Waals surface area (Å²) in [5.41, 5.74) is 4.35. The van der Waals surface area contributed by atoms with Gasteiger partial charge in [-0.05, 0) is 36.3 Å². The van der Waals surface area contributed by atoms with Gasteiger partial charge in [0.25, 0.3) is 0 Å². The number of rotatable bonds is 17. The lowest BCUT2D eigenvalue weighted by atomic mass is 9.93. The van der Waals surface area contributed by atoms with Gasteiger partial charge in [0.15, 0.2) is 0 Å². The van der Waals surface area contributed by atoms with Gasteiger partial charge in [0, 0.05) is 30.6 Å². The summed E-state index contributed by atoms with van der Waals surface area (Å²) >= 11 is 2.95. The number of thiazole rings is 2. The van der Waals surface area contributed by atoms with Crippen molar-refractivity contribution in [2.45, 2.75) is 90.3 Å². The fourth-order valence-corrected chi connectivity index (χ4v) is 6.72. The standard InChI is InChI=1S/C37H48N6O5S2/c1-24(2)33(42-36(46)43(5)20-29-22-49-35(40-29)25(3)4)34(45)39-28(16-26-12-8-6-9-13-26)18-32(44)31(17-27-14-10-7-11-15-27)41-37(47)48-21-30-19-38-23-50-30/h6-15,19,22-25,28,31-33,44H,16-18,20-21H2,1-5H3,(H,39,45)(H,41,47)(H,42,46)/t28?,31-,32-,33?/m0/s1. The molecular weight excluding hydrogens is 673 g/mol. The molecule has 13 heteroatoms. The number of hydrogen-bond acceptors (Lipinski definition) is 9. The smallest absolute Gasteiger partial charge is 0.407 e. The predicted molar refractivity (Wildman–Crippen MR) is 197 cm³/mol. The minimum absolute atomic E-state index is 0.0671. The molecule has 50 heavy (non-hydrogen) atoms. The average Bonchev–Trinajstić information content (AvgIpc) is 3.79. The van der Waals surface area contributed by atoms with Crippen LogP contribution in [0.4, 0.5) is 9.59 Å². The lowest BCUT2D eigenvalue weighted by Gasteiger charge is -2.30. The van der Waals surface area contributed by atoms with E-state index < -0.39 is 30.3 Å². The van der Waals surface area contributed by atoms with E-state index in [1.807, 2.05) is 79.9 Å². The maximum atomic E-state index is 13.9. The van der Waals surface area contributed by atoms with Gasteiger partial charge in [-0.1, -0.05) is 88.4 Å². The number of aliphatic hydroxyl groups excluding tert-OH is 1. The van der Waals surface area contributed by atoms with E-state index in [9.17, 15) is 19.5 Å². The van der Waals surface area contributed by atoms with Crippen molar-refractivity contribution in [1.82, 2.24) is 30.8 Å². The van der Waals surface area contributed by atoms with Crippen molar-refractivity contribution in [1.29, 1.82) is 0 Å². The van der Waals surface area contributed by atoms with E-state index in [2.05, 4.69) is 39.8 Å². The van der Waals surface area contributed by atoms with Gasteiger partial charge in [-0.3, -0.25) is 9.78 Å². The summed E-state index contributed by atoms with van der Waals surface area (Å²) in [5.74, 6) is -0.277. The highest BCUT2D eigenvalue weighted by Gasteiger charge is 2.31. The van der Waals surface area contributed by atoms with Crippen molar-refractivity contribution in [3.8, 4) is 0 Å². The Morgan fingerprint density at radius 1 is 0.900 bits per heavy atom. The predicted octanol–water partition coefficient (Wildman–Crippen LogP) is 5.91. The molecule has 268 valence electrons. The summed E-state index contributed by atoms with van der Waals surface area (Å²) in [6.45, 7) is 8.28. The number of hydrogen-bond donors (Lipinski definition) is 4. The molecule has 4 amide bonds. The highest BCUT2D eigenvalue weighted by Crippen LogP contribution is 2.20. The lowest BCUT2D eigenvalue weighted by molar-refractivity contribution is -0.124. The Morgan fingerprint density at radius 3 is 2.14 bits per heavy atom. The van der Waals surface area contributed by atoms with E-state index in [0.29, 0.717) is 25.3 Å². The third-order valence-corrected chi connectivity index (χ3v) is 10.1. The van der Waals surface area contributed by atoms with Gasteiger partial charge >= 0.3 is 12.1 Å². The summed E-state index contributed by atoms with van der Waals surface area (Å²) in [7, 11) is 1.68. The van der Waals surface area contributed by atoms with Crippen LogP contribution in [0.1, 0.15) is 66.7 Å². The van der Waals surface area contributed by atoms with Crippen LogP contribution in [-0.4, -0.2) is 69.3 Å². The van der Waals surface area contributed by atoms with Crippen LogP contribution >= 0.6 is 22.7 Å². The largest absolute Gasteiger partial charge is 0.444 e. The molecule has 0 bridgehead atoms. The second-order valence-electron chi connectivity index (χ2n) is 13.0. The summed E-state index contributed by atoms with van der Waals surface area (Å²) in [4.78, 5) is 51.0. The molecule has 2 heterocycles. The number of carbonyl (C=O) groups is 3. The number of nitrogens with one attached hydrogen (secondary N) is 3. The molecule has 2 unspecified atom stereocenters. The summed E-state index contributed by atoms with van der Waals surface area (Å²) < 4.78 is 5.42. The van der Waals surface area contributed by atoms with E-state index in [-0.39, 0.29) is 30.9 Å². The molecule has 0 spiro atoms.